The van der Waals surface area contributed by atoms with Gasteiger partial charge in [0.2, 0.25) is 6.33 Å². The minimum Gasteiger partial charge on any atom is -0.479 e. The van der Waals surface area contributed by atoms with Gasteiger partial charge in [-0.15, -0.1) is 0 Å². The molecule has 0 amide bonds. The van der Waals surface area contributed by atoms with Gasteiger partial charge in [0.1, 0.15) is 0 Å². The first kappa shape index (κ1) is 10.1. The Morgan fingerprint density at radius 3 is 2.64 bits per heavy atom. The molecule has 1 N–H and O–H groups in total. The fraction of sp³-hybridized carbons (Fsp3) is 0.500. The van der Waals surface area contributed by atoms with Crippen molar-refractivity contribution in [1.82, 2.24) is 14.8 Å². The minimum atomic E-state index is -1.35. The Hall–Kier alpha value is -1.99. The smallest absolute Gasteiger partial charge is 0.479 e. The zero-order valence-corrected chi connectivity index (χ0v) is 7.54. The zero-order valence-electron chi connectivity index (χ0n) is 7.54. The highest BCUT2D eigenvalue weighted by molar-refractivity contribution is 5.75. The molecule has 0 saturated carbocycles. The van der Waals surface area contributed by atoms with Crippen LogP contribution >= 0.6 is 0 Å². The molecule has 0 atom stereocenters. The summed E-state index contributed by atoms with van der Waals surface area (Å²) in [7, 11) is 0. The lowest BCUT2D eigenvalue weighted by Gasteiger charge is -2.14. The van der Waals surface area contributed by atoms with E-state index in [4.69, 9.17) is 5.11 Å². The number of rotatable bonds is 3. The van der Waals surface area contributed by atoms with Crippen LogP contribution in [0, 0.1) is 10.1 Å². The largest absolute Gasteiger partial charge is 0.490 e. The van der Waals surface area contributed by atoms with E-state index in [-0.39, 0.29) is 0 Å². The first-order valence-electron chi connectivity index (χ1n) is 3.65. The summed E-state index contributed by atoms with van der Waals surface area (Å²) in [4.78, 5) is 23.5. The van der Waals surface area contributed by atoms with Gasteiger partial charge in [0.25, 0.3) is 0 Å². The predicted octanol–water partition coefficient (Wildman–Crippen LogP) is 0.00600. The van der Waals surface area contributed by atoms with Gasteiger partial charge in [-0.25, -0.2) is 4.79 Å². The van der Waals surface area contributed by atoms with Gasteiger partial charge in [0.15, 0.2) is 5.54 Å². The van der Waals surface area contributed by atoms with Crippen LogP contribution in [-0.4, -0.2) is 30.8 Å². The van der Waals surface area contributed by atoms with Gasteiger partial charge in [-0.05, 0) is 18.8 Å². The summed E-state index contributed by atoms with van der Waals surface area (Å²) in [6.45, 7) is 2.74. The van der Waals surface area contributed by atoms with Gasteiger partial charge < -0.3 is 15.2 Å². The second-order valence-electron chi connectivity index (χ2n) is 3.11. The summed E-state index contributed by atoms with van der Waals surface area (Å²) in [5, 5.41) is 22.4. The third-order valence-corrected chi connectivity index (χ3v) is 1.74. The predicted molar refractivity (Wildman–Crippen MR) is 43.6 cm³/mol. The fourth-order valence-electron chi connectivity index (χ4n) is 0.705. The second-order valence-corrected chi connectivity index (χ2v) is 3.11. The van der Waals surface area contributed by atoms with E-state index in [0.717, 1.165) is 11.0 Å². The molecule has 0 radical (unpaired) electrons. The van der Waals surface area contributed by atoms with Crippen LogP contribution in [0.25, 0.3) is 0 Å². The van der Waals surface area contributed by atoms with Gasteiger partial charge in [-0.2, -0.15) is 4.68 Å². The highest BCUT2D eigenvalue weighted by atomic mass is 16.6. The molecule has 0 aliphatic rings. The minimum absolute atomic E-state index is 0.612. The summed E-state index contributed by atoms with van der Waals surface area (Å²) in [5.41, 5.74) is -1.35. The van der Waals surface area contributed by atoms with Gasteiger partial charge in [-0.1, -0.05) is 4.98 Å². The highest BCUT2D eigenvalue weighted by Gasteiger charge is 2.34. The number of nitrogens with zero attached hydrogens (tertiary/aromatic N) is 4. The maximum absolute atomic E-state index is 10.7. The van der Waals surface area contributed by atoms with E-state index in [1.54, 1.807) is 0 Å². The molecular formula is C6H8N4O4. The fourth-order valence-corrected chi connectivity index (χ4v) is 0.705. The Kier molecular flexibility index (Phi) is 2.20. The molecule has 0 aliphatic carbocycles. The molecule has 1 aromatic rings. The van der Waals surface area contributed by atoms with Gasteiger partial charge in [-0.3, -0.25) is 0 Å². The topological polar surface area (TPSA) is 111 Å². The van der Waals surface area contributed by atoms with Crippen molar-refractivity contribution >= 4 is 11.9 Å². The van der Waals surface area contributed by atoms with Crippen LogP contribution < -0.4 is 0 Å². The van der Waals surface area contributed by atoms with E-state index in [1.807, 2.05) is 0 Å². The first-order valence-corrected chi connectivity index (χ1v) is 3.65. The number of hydrogen-bond acceptors (Lipinski definition) is 5. The molecule has 8 heteroatoms. The summed E-state index contributed by atoms with van der Waals surface area (Å²) < 4.78 is 0.938. The molecule has 8 nitrogen and oxygen atoms in total. The number of carboxylic acid groups (broad SMARTS) is 1. The number of aliphatic carboxylic acids is 1. The average molecular weight is 200 g/mol. The van der Waals surface area contributed by atoms with E-state index in [0.29, 0.717) is 0 Å². The number of aromatic nitrogens is 3. The molecule has 0 aliphatic heterocycles. The molecule has 0 unspecified atom stereocenters. The van der Waals surface area contributed by atoms with Crippen molar-refractivity contribution in [3.05, 3.63) is 16.4 Å². The Morgan fingerprint density at radius 1 is 1.71 bits per heavy atom. The Balaban J connectivity index is 3.09. The number of carbonyl (C=O) groups is 1. The molecule has 0 fully saturated rings. The monoisotopic (exact) mass is 200 g/mol. The van der Waals surface area contributed by atoms with Gasteiger partial charge >= 0.3 is 11.9 Å². The van der Waals surface area contributed by atoms with Crippen molar-refractivity contribution in [2.24, 2.45) is 0 Å². The lowest BCUT2D eigenvalue weighted by atomic mass is 10.1. The summed E-state index contributed by atoms with van der Waals surface area (Å²) >= 11 is 0. The number of carboxylic acids is 1. The first-order chi connectivity index (χ1) is 6.35. The lowest BCUT2D eigenvalue weighted by Crippen LogP contribution is -2.36. The molecule has 0 saturated heterocycles. The molecular weight excluding hydrogens is 192 g/mol. The normalized spacial score (nSPS) is 11.3. The SMILES string of the molecule is CC(C)(C(=O)O)n1cnc([N+](=O)[O-])n1. The van der Waals surface area contributed by atoms with Crippen LogP contribution in [0.5, 0.6) is 0 Å². The van der Waals surface area contributed by atoms with Crippen molar-refractivity contribution in [2.45, 2.75) is 19.4 Å². The van der Waals surface area contributed by atoms with Crippen molar-refractivity contribution < 1.29 is 14.8 Å². The Labute approximate surface area is 78.3 Å². The maximum atomic E-state index is 10.7. The van der Waals surface area contributed by atoms with Crippen molar-refractivity contribution in [3.8, 4) is 0 Å². The highest BCUT2D eigenvalue weighted by Crippen LogP contribution is 2.14. The standard InChI is InChI=1S/C6H8N4O4/c1-6(2,4(11)12)9-3-7-5(8-9)10(13)14/h3H,1-2H3,(H,11,12). The van der Waals surface area contributed by atoms with Crippen LogP contribution in [0.4, 0.5) is 5.95 Å². The van der Waals surface area contributed by atoms with E-state index < -0.39 is 22.4 Å². The van der Waals surface area contributed by atoms with Crippen LogP contribution in [0.3, 0.4) is 0 Å². The van der Waals surface area contributed by atoms with Crippen molar-refractivity contribution in [2.75, 3.05) is 0 Å². The third-order valence-electron chi connectivity index (χ3n) is 1.74. The van der Waals surface area contributed by atoms with Crippen LogP contribution in [0.1, 0.15) is 13.8 Å². The summed E-state index contributed by atoms with van der Waals surface area (Å²) in [6, 6.07) is 0. The van der Waals surface area contributed by atoms with E-state index >= 15 is 0 Å². The second kappa shape index (κ2) is 3.05. The van der Waals surface area contributed by atoms with Crippen LogP contribution in [-0.2, 0) is 10.3 Å². The van der Waals surface area contributed by atoms with Crippen LogP contribution in [0.15, 0.2) is 6.33 Å². The van der Waals surface area contributed by atoms with E-state index in [2.05, 4.69) is 10.1 Å². The van der Waals surface area contributed by atoms with Gasteiger partial charge in [0.05, 0.1) is 0 Å². The summed E-state index contributed by atoms with van der Waals surface area (Å²) in [5.74, 6) is -1.75. The summed E-state index contributed by atoms with van der Waals surface area (Å²) in [6.07, 6.45) is 1.02. The Morgan fingerprint density at radius 2 is 2.29 bits per heavy atom. The lowest BCUT2D eigenvalue weighted by molar-refractivity contribution is -0.394. The number of nitro groups is 1. The Bertz CT molecular complexity index is 383. The van der Waals surface area contributed by atoms with Crippen LogP contribution in [0.2, 0.25) is 0 Å². The molecule has 14 heavy (non-hydrogen) atoms. The van der Waals surface area contributed by atoms with E-state index in [9.17, 15) is 14.9 Å². The average Bonchev–Trinajstić information content (AvgIpc) is 2.51. The molecule has 0 bridgehead atoms. The molecule has 1 heterocycles. The van der Waals surface area contributed by atoms with Crippen molar-refractivity contribution in [1.29, 1.82) is 0 Å². The zero-order chi connectivity index (χ0) is 10.9. The third kappa shape index (κ3) is 1.53. The molecule has 1 rings (SSSR count). The maximum Gasteiger partial charge on any atom is 0.490 e. The molecule has 0 spiro atoms. The van der Waals surface area contributed by atoms with Crippen molar-refractivity contribution in [3.63, 3.8) is 0 Å². The van der Waals surface area contributed by atoms with E-state index in [1.165, 1.54) is 13.8 Å². The molecule has 76 valence electrons. The quantitative estimate of drug-likeness (QED) is 0.543. The number of hydrogen-bond donors (Lipinski definition) is 1. The van der Waals surface area contributed by atoms with Gasteiger partial charge in [0, 0.05) is 5.10 Å². The molecule has 1 aromatic heterocycles. The molecule has 0 aromatic carbocycles.